The Labute approximate surface area is 107 Å². The molecule has 0 spiro atoms. The molecule has 18 heavy (non-hydrogen) atoms. The Morgan fingerprint density at radius 3 is 2.83 bits per heavy atom. The van der Waals surface area contributed by atoms with Crippen molar-refractivity contribution in [3.8, 4) is 5.75 Å². The number of nitrogens with zero attached hydrogens (tertiary/aromatic N) is 1. The summed E-state index contributed by atoms with van der Waals surface area (Å²) in [6, 6.07) is 5.30. The van der Waals surface area contributed by atoms with Gasteiger partial charge in [0.05, 0.1) is 17.7 Å². The van der Waals surface area contributed by atoms with Crippen molar-refractivity contribution < 1.29 is 14.6 Å². The summed E-state index contributed by atoms with van der Waals surface area (Å²) >= 11 is 0. The average molecular weight is 249 g/mol. The van der Waals surface area contributed by atoms with Crippen molar-refractivity contribution in [2.45, 2.75) is 32.4 Å². The van der Waals surface area contributed by atoms with E-state index < -0.39 is 0 Å². The molecule has 1 saturated heterocycles. The molecule has 2 atom stereocenters. The van der Waals surface area contributed by atoms with Crippen LogP contribution in [0.3, 0.4) is 0 Å². The zero-order valence-electron chi connectivity index (χ0n) is 11.0. The van der Waals surface area contributed by atoms with Gasteiger partial charge in [0.15, 0.2) is 0 Å². The molecule has 0 saturated carbocycles. The van der Waals surface area contributed by atoms with Crippen molar-refractivity contribution in [2.75, 3.05) is 13.7 Å². The van der Waals surface area contributed by atoms with E-state index in [-0.39, 0.29) is 23.8 Å². The number of hydrogen-bond acceptors (Lipinski definition) is 3. The van der Waals surface area contributed by atoms with E-state index in [0.29, 0.717) is 17.7 Å². The van der Waals surface area contributed by atoms with Gasteiger partial charge in [-0.05, 0) is 31.9 Å². The maximum atomic E-state index is 12.4. The molecule has 1 aromatic rings. The van der Waals surface area contributed by atoms with Crippen LogP contribution in [0.25, 0.3) is 0 Å². The molecule has 1 fully saturated rings. The molecule has 2 rings (SSSR count). The molecule has 0 bridgehead atoms. The van der Waals surface area contributed by atoms with Gasteiger partial charge in [0.1, 0.15) is 5.75 Å². The molecule has 1 amide bonds. The molecule has 0 aromatic heterocycles. The Kier molecular flexibility index (Phi) is 3.57. The van der Waals surface area contributed by atoms with Gasteiger partial charge >= 0.3 is 0 Å². The summed E-state index contributed by atoms with van der Waals surface area (Å²) in [5.41, 5.74) is 1.07. The quantitative estimate of drug-likeness (QED) is 0.871. The molecule has 0 radical (unpaired) electrons. The first-order valence-corrected chi connectivity index (χ1v) is 6.19. The Morgan fingerprint density at radius 2 is 2.22 bits per heavy atom. The molecular weight excluding hydrogens is 230 g/mol. The van der Waals surface area contributed by atoms with Gasteiger partial charge in [-0.3, -0.25) is 4.79 Å². The summed E-state index contributed by atoms with van der Waals surface area (Å²) in [7, 11) is 1.76. The molecule has 1 aliphatic rings. The third-order valence-electron chi connectivity index (χ3n) is 3.62. The number of para-hydroxylation sites is 1. The van der Waals surface area contributed by atoms with E-state index in [1.165, 1.54) is 0 Å². The third kappa shape index (κ3) is 2.20. The maximum Gasteiger partial charge on any atom is 0.257 e. The van der Waals surface area contributed by atoms with E-state index >= 15 is 0 Å². The smallest absolute Gasteiger partial charge is 0.257 e. The minimum atomic E-state index is -0.154. The number of rotatable bonds is 2. The largest absolute Gasteiger partial charge is 0.507 e. The number of ether oxygens (including phenoxy) is 1. The number of carbonyl (C=O) groups is 1. The van der Waals surface area contributed by atoms with Crippen LogP contribution in [0.2, 0.25) is 0 Å². The second-order valence-corrected chi connectivity index (χ2v) is 4.82. The first-order chi connectivity index (χ1) is 8.52. The lowest BCUT2D eigenvalue weighted by Gasteiger charge is -2.27. The lowest BCUT2D eigenvalue weighted by Crippen LogP contribution is -2.41. The van der Waals surface area contributed by atoms with Gasteiger partial charge in [0.25, 0.3) is 5.91 Å². The standard InChI is InChI=1S/C14H19NO3/c1-9-5-4-6-11(13(9)16)14(17)15(3)12-7-8-18-10(12)2/h4-6,10,12,16H,7-8H2,1-3H3. The predicted molar refractivity (Wildman–Crippen MR) is 68.8 cm³/mol. The number of phenolic OH excluding ortho intramolecular Hbond substituents is 1. The highest BCUT2D eigenvalue weighted by Crippen LogP contribution is 2.25. The van der Waals surface area contributed by atoms with Crippen LogP contribution < -0.4 is 0 Å². The normalized spacial score (nSPS) is 23.1. The predicted octanol–water partition coefficient (Wildman–Crippen LogP) is 1.95. The van der Waals surface area contributed by atoms with E-state index in [2.05, 4.69) is 0 Å². The first-order valence-electron chi connectivity index (χ1n) is 6.19. The van der Waals surface area contributed by atoms with Gasteiger partial charge in [0, 0.05) is 13.7 Å². The fraction of sp³-hybridized carbons (Fsp3) is 0.500. The molecule has 98 valence electrons. The van der Waals surface area contributed by atoms with Crippen molar-refractivity contribution in [3.63, 3.8) is 0 Å². The van der Waals surface area contributed by atoms with Gasteiger partial charge in [0.2, 0.25) is 0 Å². The molecule has 1 aromatic carbocycles. The van der Waals surface area contributed by atoms with Crippen molar-refractivity contribution in [1.29, 1.82) is 0 Å². The van der Waals surface area contributed by atoms with Gasteiger partial charge < -0.3 is 14.7 Å². The third-order valence-corrected chi connectivity index (χ3v) is 3.62. The molecule has 1 N–H and O–H groups in total. The van der Waals surface area contributed by atoms with E-state index in [9.17, 15) is 9.90 Å². The highest BCUT2D eigenvalue weighted by molar-refractivity contribution is 5.97. The fourth-order valence-corrected chi connectivity index (χ4v) is 2.40. The van der Waals surface area contributed by atoms with E-state index in [1.807, 2.05) is 6.92 Å². The zero-order chi connectivity index (χ0) is 13.3. The first kappa shape index (κ1) is 12.9. The van der Waals surface area contributed by atoms with Gasteiger partial charge in [-0.25, -0.2) is 0 Å². The van der Waals surface area contributed by atoms with Crippen LogP contribution in [-0.2, 0) is 4.74 Å². The minimum absolute atomic E-state index is 0.0471. The highest BCUT2D eigenvalue weighted by atomic mass is 16.5. The molecule has 0 aliphatic carbocycles. The topological polar surface area (TPSA) is 49.8 Å². The van der Waals surface area contributed by atoms with Gasteiger partial charge in [-0.2, -0.15) is 0 Å². The average Bonchev–Trinajstić information content (AvgIpc) is 2.77. The van der Waals surface area contributed by atoms with E-state index in [4.69, 9.17) is 4.74 Å². The van der Waals surface area contributed by atoms with Crippen molar-refractivity contribution in [2.24, 2.45) is 0 Å². The monoisotopic (exact) mass is 249 g/mol. The maximum absolute atomic E-state index is 12.4. The summed E-state index contributed by atoms with van der Waals surface area (Å²) in [6.45, 7) is 4.44. The number of likely N-dealkylation sites (N-methyl/N-ethyl adjacent to an activating group) is 1. The number of phenols is 1. The SMILES string of the molecule is Cc1cccc(C(=O)N(C)C2CCOC2C)c1O. The number of benzene rings is 1. The summed E-state index contributed by atoms with van der Waals surface area (Å²) in [5, 5.41) is 9.95. The summed E-state index contributed by atoms with van der Waals surface area (Å²) in [4.78, 5) is 14.0. The molecular formula is C14H19NO3. The van der Waals surface area contributed by atoms with Crippen molar-refractivity contribution in [3.05, 3.63) is 29.3 Å². The number of hydrogen-bond donors (Lipinski definition) is 1. The van der Waals surface area contributed by atoms with Crippen LogP contribution in [0.15, 0.2) is 18.2 Å². The van der Waals surface area contributed by atoms with Crippen LogP contribution in [0.5, 0.6) is 5.75 Å². The molecule has 4 heteroatoms. The Balaban J connectivity index is 2.23. The van der Waals surface area contributed by atoms with Gasteiger partial charge in [-0.15, -0.1) is 0 Å². The van der Waals surface area contributed by atoms with Crippen LogP contribution in [0.4, 0.5) is 0 Å². The summed E-state index contributed by atoms with van der Waals surface area (Å²) in [5.74, 6) is -0.0838. The molecule has 4 nitrogen and oxygen atoms in total. The number of carbonyl (C=O) groups excluding carboxylic acids is 1. The van der Waals surface area contributed by atoms with Gasteiger partial charge in [-0.1, -0.05) is 12.1 Å². The van der Waals surface area contributed by atoms with Crippen LogP contribution in [0, 0.1) is 6.92 Å². The Morgan fingerprint density at radius 1 is 1.50 bits per heavy atom. The Hall–Kier alpha value is -1.55. The van der Waals surface area contributed by atoms with Crippen LogP contribution in [0.1, 0.15) is 29.3 Å². The highest BCUT2D eigenvalue weighted by Gasteiger charge is 2.31. The van der Waals surface area contributed by atoms with Crippen LogP contribution in [-0.4, -0.2) is 41.7 Å². The summed E-state index contributed by atoms with van der Waals surface area (Å²) < 4.78 is 5.47. The minimum Gasteiger partial charge on any atom is -0.507 e. The summed E-state index contributed by atoms with van der Waals surface area (Å²) in [6.07, 6.45) is 0.890. The second kappa shape index (κ2) is 4.98. The fourth-order valence-electron chi connectivity index (χ4n) is 2.40. The molecule has 1 heterocycles. The number of amides is 1. The van der Waals surface area contributed by atoms with E-state index in [1.54, 1.807) is 37.1 Å². The molecule has 2 unspecified atom stereocenters. The van der Waals surface area contributed by atoms with Crippen molar-refractivity contribution in [1.82, 2.24) is 4.90 Å². The number of aromatic hydroxyl groups is 1. The molecule has 1 aliphatic heterocycles. The zero-order valence-corrected chi connectivity index (χ0v) is 11.0. The number of aryl methyl sites for hydroxylation is 1. The lowest BCUT2D eigenvalue weighted by molar-refractivity contribution is 0.0572. The Bertz CT molecular complexity index is 458. The second-order valence-electron chi connectivity index (χ2n) is 4.82. The van der Waals surface area contributed by atoms with E-state index in [0.717, 1.165) is 6.42 Å². The van der Waals surface area contributed by atoms with Crippen LogP contribution >= 0.6 is 0 Å². The lowest BCUT2D eigenvalue weighted by atomic mass is 10.1. The van der Waals surface area contributed by atoms with Crippen molar-refractivity contribution >= 4 is 5.91 Å².